The lowest BCUT2D eigenvalue weighted by Crippen LogP contribution is -2.47. The first-order valence-corrected chi connectivity index (χ1v) is 9.98. The number of aliphatic hydroxyl groups is 1. The summed E-state index contributed by atoms with van der Waals surface area (Å²) >= 11 is 12.0. The number of rotatable bonds is 7. The van der Waals surface area contributed by atoms with Gasteiger partial charge in [0.1, 0.15) is 6.10 Å². The predicted molar refractivity (Wildman–Crippen MR) is 111 cm³/mol. The summed E-state index contributed by atoms with van der Waals surface area (Å²) in [5.41, 5.74) is 1.99. The Kier molecular flexibility index (Phi) is 7.53. The van der Waals surface area contributed by atoms with Gasteiger partial charge in [0.2, 0.25) is 0 Å². The molecule has 6 heteroatoms. The zero-order valence-corrected chi connectivity index (χ0v) is 17.0. The van der Waals surface area contributed by atoms with Crippen molar-refractivity contribution in [1.82, 2.24) is 9.80 Å². The van der Waals surface area contributed by atoms with Crippen LogP contribution in [-0.2, 0) is 4.74 Å². The SMILES string of the molecule is CN1CCN(C[C@@H](O)COC(c2ccc(Cl)cc2)c2ccc(Cl)cc2)CC1. The third kappa shape index (κ3) is 6.18. The molecule has 4 nitrogen and oxygen atoms in total. The average molecular weight is 409 g/mol. The largest absolute Gasteiger partial charge is 0.389 e. The lowest BCUT2D eigenvalue weighted by Gasteiger charge is -2.33. The van der Waals surface area contributed by atoms with Crippen LogP contribution in [0, 0.1) is 0 Å². The van der Waals surface area contributed by atoms with Crippen LogP contribution in [0.2, 0.25) is 10.0 Å². The molecule has 0 amide bonds. The molecule has 146 valence electrons. The first-order chi connectivity index (χ1) is 13.0. The number of aliphatic hydroxyl groups excluding tert-OH is 1. The Morgan fingerprint density at radius 3 is 1.85 bits per heavy atom. The van der Waals surface area contributed by atoms with Crippen molar-refractivity contribution in [1.29, 1.82) is 0 Å². The Bertz CT molecular complexity index is 656. The van der Waals surface area contributed by atoms with Crippen molar-refractivity contribution in [2.45, 2.75) is 12.2 Å². The summed E-state index contributed by atoms with van der Waals surface area (Å²) < 4.78 is 6.15. The number of halogens is 2. The number of piperazine rings is 1. The van der Waals surface area contributed by atoms with Crippen LogP contribution in [0.3, 0.4) is 0 Å². The molecule has 0 radical (unpaired) electrons. The van der Waals surface area contributed by atoms with Gasteiger partial charge >= 0.3 is 0 Å². The molecule has 3 rings (SSSR count). The van der Waals surface area contributed by atoms with Crippen molar-refractivity contribution in [3.8, 4) is 0 Å². The van der Waals surface area contributed by atoms with Crippen LogP contribution in [0.4, 0.5) is 0 Å². The molecule has 1 N–H and O–H groups in total. The Morgan fingerprint density at radius 1 is 0.889 bits per heavy atom. The van der Waals surface area contributed by atoms with Gasteiger partial charge in [-0.25, -0.2) is 0 Å². The van der Waals surface area contributed by atoms with Gasteiger partial charge in [-0.1, -0.05) is 47.5 Å². The average Bonchev–Trinajstić information content (AvgIpc) is 2.66. The first-order valence-electron chi connectivity index (χ1n) is 9.23. The molecule has 1 heterocycles. The summed E-state index contributed by atoms with van der Waals surface area (Å²) in [7, 11) is 2.12. The van der Waals surface area contributed by atoms with E-state index in [1.165, 1.54) is 0 Å². The molecule has 0 unspecified atom stereocenters. The van der Waals surface area contributed by atoms with E-state index in [9.17, 15) is 5.11 Å². The Hall–Kier alpha value is -1.14. The van der Waals surface area contributed by atoms with Gasteiger partial charge < -0.3 is 14.7 Å². The molecule has 0 aromatic heterocycles. The van der Waals surface area contributed by atoms with E-state index in [0.29, 0.717) is 16.6 Å². The highest BCUT2D eigenvalue weighted by atomic mass is 35.5. The molecule has 2 aromatic carbocycles. The van der Waals surface area contributed by atoms with E-state index in [2.05, 4.69) is 16.8 Å². The fraction of sp³-hybridized carbons (Fsp3) is 0.429. The van der Waals surface area contributed by atoms with Crippen LogP contribution in [0.1, 0.15) is 17.2 Å². The van der Waals surface area contributed by atoms with Crippen molar-refractivity contribution < 1.29 is 9.84 Å². The summed E-state index contributed by atoms with van der Waals surface area (Å²) in [6.45, 7) is 4.91. The van der Waals surface area contributed by atoms with E-state index in [1.807, 2.05) is 48.5 Å². The fourth-order valence-corrected chi connectivity index (χ4v) is 3.50. The molecule has 1 saturated heterocycles. The van der Waals surface area contributed by atoms with Gasteiger partial charge in [0.15, 0.2) is 0 Å². The number of hydrogen-bond donors (Lipinski definition) is 1. The van der Waals surface area contributed by atoms with Gasteiger partial charge in [-0.15, -0.1) is 0 Å². The van der Waals surface area contributed by atoms with Gasteiger partial charge in [-0.05, 0) is 42.4 Å². The minimum absolute atomic E-state index is 0.266. The van der Waals surface area contributed by atoms with Gasteiger partial charge in [0.25, 0.3) is 0 Å². The molecule has 0 aliphatic carbocycles. The Labute approximate surface area is 171 Å². The fourth-order valence-electron chi connectivity index (χ4n) is 3.25. The minimum Gasteiger partial charge on any atom is -0.389 e. The van der Waals surface area contributed by atoms with Crippen LogP contribution in [0.15, 0.2) is 48.5 Å². The number of β-amino-alcohol motifs (C(OH)–C–C–N with tert-alkyl or cyclic N) is 1. The minimum atomic E-state index is -0.532. The Balaban J connectivity index is 1.64. The predicted octanol–water partition coefficient (Wildman–Crippen LogP) is 3.71. The summed E-state index contributed by atoms with van der Waals surface area (Å²) in [6.07, 6.45) is -0.808. The van der Waals surface area contributed by atoms with Crippen molar-refractivity contribution >= 4 is 23.2 Å². The smallest absolute Gasteiger partial charge is 0.108 e. The summed E-state index contributed by atoms with van der Waals surface area (Å²) in [6, 6.07) is 15.2. The molecule has 2 aromatic rings. The molecule has 0 spiro atoms. The third-order valence-electron chi connectivity index (χ3n) is 4.87. The van der Waals surface area contributed by atoms with E-state index < -0.39 is 6.10 Å². The highest BCUT2D eigenvalue weighted by molar-refractivity contribution is 6.30. The lowest BCUT2D eigenvalue weighted by atomic mass is 10.0. The van der Waals surface area contributed by atoms with E-state index >= 15 is 0 Å². The molecule has 1 aliphatic rings. The third-order valence-corrected chi connectivity index (χ3v) is 5.37. The zero-order chi connectivity index (χ0) is 19.2. The summed E-state index contributed by atoms with van der Waals surface area (Å²) in [4.78, 5) is 4.59. The van der Waals surface area contributed by atoms with E-state index in [-0.39, 0.29) is 12.7 Å². The van der Waals surface area contributed by atoms with Crippen molar-refractivity contribution in [2.75, 3.05) is 46.4 Å². The molecular formula is C21H26Cl2N2O2. The van der Waals surface area contributed by atoms with Crippen LogP contribution < -0.4 is 0 Å². The number of benzene rings is 2. The van der Waals surface area contributed by atoms with Gasteiger partial charge in [0, 0.05) is 42.8 Å². The van der Waals surface area contributed by atoms with Crippen LogP contribution in [-0.4, -0.2) is 67.4 Å². The summed E-state index contributed by atoms with van der Waals surface area (Å²) in [5, 5.41) is 11.8. The molecule has 27 heavy (non-hydrogen) atoms. The number of nitrogens with zero attached hydrogens (tertiary/aromatic N) is 2. The highest BCUT2D eigenvalue weighted by Crippen LogP contribution is 2.28. The summed E-state index contributed by atoms with van der Waals surface area (Å²) in [5.74, 6) is 0. The number of ether oxygens (including phenoxy) is 1. The standard InChI is InChI=1S/C21H26Cl2N2O2/c1-24-10-12-25(13-11-24)14-20(26)15-27-21(16-2-6-18(22)7-3-16)17-4-8-19(23)9-5-17/h2-9,20-21,26H,10-15H2,1H3/t20-/m1/s1. The maximum Gasteiger partial charge on any atom is 0.108 e. The monoisotopic (exact) mass is 408 g/mol. The number of likely N-dealkylation sites (N-methyl/N-ethyl adjacent to an activating group) is 1. The van der Waals surface area contributed by atoms with Crippen LogP contribution in [0.25, 0.3) is 0 Å². The maximum absolute atomic E-state index is 10.5. The first kappa shape index (κ1) is 20.6. The second-order valence-electron chi connectivity index (χ2n) is 7.07. The normalized spacial score (nSPS) is 17.4. The van der Waals surface area contributed by atoms with Crippen LogP contribution in [0.5, 0.6) is 0 Å². The van der Waals surface area contributed by atoms with E-state index in [1.54, 1.807) is 0 Å². The lowest BCUT2D eigenvalue weighted by molar-refractivity contribution is -0.0134. The number of hydrogen-bond acceptors (Lipinski definition) is 4. The molecule has 0 saturated carbocycles. The molecule has 1 fully saturated rings. The highest BCUT2D eigenvalue weighted by Gasteiger charge is 2.20. The zero-order valence-electron chi connectivity index (χ0n) is 15.5. The van der Waals surface area contributed by atoms with Gasteiger partial charge in [-0.3, -0.25) is 4.90 Å². The van der Waals surface area contributed by atoms with E-state index in [0.717, 1.165) is 37.3 Å². The second kappa shape index (κ2) is 9.87. The van der Waals surface area contributed by atoms with Crippen molar-refractivity contribution in [3.63, 3.8) is 0 Å². The molecule has 0 bridgehead atoms. The van der Waals surface area contributed by atoms with E-state index in [4.69, 9.17) is 27.9 Å². The van der Waals surface area contributed by atoms with Gasteiger partial charge in [0.05, 0.1) is 12.7 Å². The maximum atomic E-state index is 10.5. The molecular weight excluding hydrogens is 383 g/mol. The quantitative estimate of drug-likeness (QED) is 0.757. The van der Waals surface area contributed by atoms with Gasteiger partial charge in [-0.2, -0.15) is 0 Å². The van der Waals surface area contributed by atoms with Crippen molar-refractivity contribution in [2.24, 2.45) is 0 Å². The Morgan fingerprint density at radius 2 is 1.37 bits per heavy atom. The topological polar surface area (TPSA) is 35.9 Å². The van der Waals surface area contributed by atoms with Crippen molar-refractivity contribution in [3.05, 3.63) is 69.7 Å². The second-order valence-corrected chi connectivity index (χ2v) is 7.95. The molecule has 1 aliphatic heterocycles. The van der Waals surface area contributed by atoms with Crippen LogP contribution >= 0.6 is 23.2 Å². The molecule has 1 atom stereocenters.